The molecule has 1 aromatic rings. The van der Waals surface area contributed by atoms with Crippen LogP contribution in [0.4, 0.5) is 11.6 Å². The monoisotopic (exact) mass is 290 g/mol. The van der Waals surface area contributed by atoms with Gasteiger partial charge in [0.15, 0.2) is 0 Å². The summed E-state index contributed by atoms with van der Waals surface area (Å²) in [6, 6.07) is 1.51. The van der Waals surface area contributed by atoms with Gasteiger partial charge in [-0.15, -0.1) is 0 Å². The van der Waals surface area contributed by atoms with Crippen LogP contribution in [0.3, 0.4) is 0 Å². The van der Waals surface area contributed by atoms with Gasteiger partial charge in [-0.2, -0.15) is 0 Å². The molecule has 0 aromatic carbocycles. The van der Waals surface area contributed by atoms with E-state index in [1.165, 1.54) is 6.07 Å². The molecule has 18 heavy (non-hydrogen) atoms. The van der Waals surface area contributed by atoms with Gasteiger partial charge in [0, 0.05) is 6.54 Å². The molecule has 5 nitrogen and oxygen atoms in total. The Morgan fingerprint density at radius 1 is 1.44 bits per heavy atom. The second-order valence-electron chi connectivity index (χ2n) is 4.40. The maximum absolute atomic E-state index is 11.1. The second kappa shape index (κ2) is 6.11. The molecule has 1 aromatic heterocycles. The van der Waals surface area contributed by atoms with E-state index in [2.05, 4.69) is 4.98 Å². The lowest BCUT2D eigenvalue weighted by Gasteiger charge is -2.25. The summed E-state index contributed by atoms with van der Waals surface area (Å²) in [4.78, 5) is 16.9. The Bertz CT molecular complexity index is 451. The van der Waals surface area contributed by atoms with E-state index in [4.69, 9.17) is 34.7 Å². The van der Waals surface area contributed by atoms with Crippen LogP contribution in [0.1, 0.15) is 13.8 Å². The van der Waals surface area contributed by atoms with Crippen molar-refractivity contribution in [2.75, 3.05) is 23.7 Å². The SMILES string of the molecule is CC(C)CN(CC(N)=O)c1nc(N)c(Cl)cc1Cl. The van der Waals surface area contributed by atoms with Crippen molar-refractivity contribution in [3.05, 3.63) is 16.1 Å². The molecule has 1 rings (SSSR count). The Balaban J connectivity index is 3.11. The first-order valence-corrected chi connectivity index (χ1v) is 6.21. The molecular formula is C11H16Cl2N4O. The molecule has 100 valence electrons. The smallest absolute Gasteiger partial charge is 0.236 e. The summed E-state index contributed by atoms with van der Waals surface area (Å²) in [6.07, 6.45) is 0. The number of pyridine rings is 1. The van der Waals surface area contributed by atoms with Gasteiger partial charge in [0.1, 0.15) is 11.6 Å². The lowest BCUT2D eigenvalue weighted by Crippen LogP contribution is -2.37. The van der Waals surface area contributed by atoms with Gasteiger partial charge < -0.3 is 16.4 Å². The van der Waals surface area contributed by atoms with Crippen molar-refractivity contribution in [1.82, 2.24) is 4.98 Å². The third-order valence-electron chi connectivity index (χ3n) is 2.17. The first-order valence-electron chi connectivity index (χ1n) is 5.46. The average molecular weight is 291 g/mol. The van der Waals surface area contributed by atoms with Crippen LogP contribution in [0.15, 0.2) is 6.07 Å². The summed E-state index contributed by atoms with van der Waals surface area (Å²) in [5, 5.41) is 0.628. The number of nitrogens with two attached hydrogens (primary N) is 2. The van der Waals surface area contributed by atoms with Crippen LogP contribution in [0.25, 0.3) is 0 Å². The Morgan fingerprint density at radius 3 is 2.56 bits per heavy atom. The predicted molar refractivity (Wildman–Crippen MR) is 74.9 cm³/mol. The van der Waals surface area contributed by atoms with Crippen molar-refractivity contribution >= 4 is 40.7 Å². The van der Waals surface area contributed by atoms with Crippen LogP contribution >= 0.6 is 23.2 Å². The number of halogens is 2. The van der Waals surface area contributed by atoms with Crippen molar-refractivity contribution in [2.45, 2.75) is 13.8 Å². The predicted octanol–water partition coefficient (Wildman–Crippen LogP) is 1.92. The average Bonchev–Trinajstić information content (AvgIpc) is 2.21. The fraction of sp³-hybridized carbons (Fsp3) is 0.455. The highest BCUT2D eigenvalue weighted by molar-refractivity contribution is 6.37. The van der Waals surface area contributed by atoms with Crippen molar-refractivity contribution in [2.24, 2.45) is 11.7 Å². The summed E-state index contributed by atoms with van der Waals surface area (Å²) in [6.45, 7) is 4.66. The van der Waals surface area contributed by atoms with Crippen molar-refractivity contribution < 1.29 is 4.79 Å². The van der Waals surface area contributed by atoms with Crippen LogP contribution in [0.2, 0.25) is 10.0 Å². The number of hydrogen-bond acceptors (Lipinski definition) is 4. The fourth-order valence-electron chi connectivity index (χ4n) is 1.55. The second-order valence-corrected chi connectivity index (χ2v) is 5.22. The summed E-state index contributed by atoms with van der Waals surface area (Å²) < 4.78 is 0. The maximum atomic E-state index is 11.1. The number of rotatable bonds is 5. The summed E-state index contributed by atoms with van der Waals surface area (Å²) in [5.41, 5.74) is 10.9. The number of nitrogens with zero attached hydrogens (tertiary/aromatic N) is 2. The molecule has 0 saturated carbocycles. The Hall–Kier alpha value is -1.20. The minimum atomic E-state index is -0.456. The standard InChI is InChI=1S/C11H16Cl2N4O/c1-6(2)4-17(5-9(14)18)11-8(13)3-7(12)10(15)16-11/h3,6H,4-5H2,1-2H3,(H2,14,18)(H2,15,16). The summed E-state index contributed by atoms with van der Waals surface area (Å²) in [5.74, 6) is 0.460. The highest BCUT2D eigenvalue weighted by atomic mass is 35.5. The van der Waals surface area contributed by atoms with Gasteiger partial charge in [0.2, 0.25) is 5.91 Å². The van der Waals surface area contributed by atoms with E-state index in [0.717, 1.165) is 0 Å². The fourth-order valence-corrected chi connectivity index (χ4v) is 2.03. The van der Waals surface area contributed by atoms with E-state index in [1.54, 1.807) is 4.90 Å². The van der Waals surface area contributed by atoms with E-state index in [1.807, 2.05) is 13.8 Å². The Labute approximate surface area is 116 Å². The molecule has 1 heterocycles. The highest BCUT2D eigenvalue weighted by Crippen LogP contribution is 2.30. The Kier molecular flexibility index (Phi) is 5.04. The number of anilines is 2. The molecule has 4 N–H and O–H groups in total. The van der Waals surface area contributed by atoms with Crippen LogP contribution in [0, 0.1) is 5.92 Å². The molecule has 0 fully saturated rings. The highest BCUT2D eigenvalue weighted by Gasteiger charge is 2.17. The zero-order valence-electron chi connectivity index (χ0n) is 10.3. The molecule has 0 saturated heterocycles. The third kappa shape index (κ3) is 3.92. The largest absolute Gasteiger partial charge is 0.382 e. The van der Waals surface area contributed by atoms with Crippen LogP contribution in [-0.4, -0.2) is 24.0 Å². The molecule has 1 amide bonds. The summed E-state index contributed by atoms with van der Waals surface area (Å²) >= 11 is 11.9. The number of primary amides is 1. The zero-order valence-corrected chi connectivity index (χ0v) is 11.8. The molecule has 0 unspecified atom stereocenters. The molecule has 0 aliphatic rings. The van der Waals surface area contributed by atoms with Crippen molar-refractivity contribution in [3.63, 3.8) is 0 Å². The van der Waals surface area contributed by atoms with E-state index in [-0.39, 0.29) is 17.4 Å². The first-order chi connectivity index (χ1) is 8.31. The number of nitrogen functional groups attached to an aromatic ring is 1. The van der Waals surface area contributed by atoms with Gasteiger partial charge >= 0.3 is 0 Å². The first kappa shape index (κ1) is 14.9. The van der Waals surface area contributed by atoms with Gasteiger partial charge in [0.05, 0.1) is 16.6 Å². The van der Waals surface area contributed by atoms with Crippen molar-refractivity contribution in [3.8, 4) is 0 Å². The summed E-state index contributed by atoms with van der Waals surface area (Å²) in [7, 11) is 0. The number of hydrogen-bond donors (Lipinski definition) is 2. The van der Waals surface area contributed by atoms with Gasteiger partial charge in [0.25, 0.3) is 0 Å². The zero-order chi connectivity index (χ0) is 13.9. The normalized spacial score (nSPS) is 10.7. The molecule has 0 bridgehead atoms. The van der Waals surface area contributed by atoms with E-state index in [0.29, 0.717) is 23.3 Å². The lowest BCUT2D eigenvalue weighted by molar-refractivity contribution is -0.116. The molecular weight excluding hydrogens is 275 g/mol. The van der Waals surface area contributed by atoms with Crippen LogP contribution in [0.5, 0.6) is 0 Å². The maximum Gasteiger partial charge on any atom is 0.236 e. The minimum Gasteiger partial charge on any atom is -0.382 e. The number of carbonyl (C=O) groups excluding carboxylic acids is 1. The Morgan fingerprint density at radius 2 is 2.06 bits per heavy atom. The van der Waals surface area contributed by atoms with Crippen LogP contribution in [-0.2, 0) is 4.79 Å². The van der Waals surface area contributed by atoms with E-state index in [9.17, 15) is 4.79 Å². The molecule has 0 spiro atoms. The number of aromatic nitrogens is 1. The van der Waals surface area contributed by atoms with Gasteiger partial charge in [-0.1, -0.05) is 37.0 Å². The number of carbonyl (C=O) groups is 1. The van der Waals surface area contributed by atoms with Gasteiger partial charge in [-0.25, -0.2) is 4.98 Å². The lowest BCUT2D eigenvalue weighted by atomic mass is 10.2. The molecule has 7 heteroatoms. The van der Waals surface area contributed by atoms with E-state index < -0.39 is 5.91 Å². The topological polar surface area (TPSA) is 85.2 Å². The van der Waals surface area contributed by atoms with E-state index >= 15 is 0 Å². The van der Waals surface area contributed by atoms with Crippen LogP contribution < -0.4 is 16.4 Å². The number of amides is 1. The van der Waals surface area contributed by atoms with Gasteiger partial charge in [-0.05, 0) is 12.0 Å². The molecule has 0 aliphatic heterocycles. The minimum absolute atomic E-state index is 0.0337. The quantitative estimate of drug-likeness (QED) is 0.868. The van der Waals surface area contributed by atoms with Crippen molar-refractivity contribution in [1.29, 1.82) is 0 Å². The molecule has 0 radical (unpaired) electrons. The molecule has 0 atom stereocenters. The molecule has 0 aliphatic carbocycles. The third-order valence-corrected chi connectivity index (χ3v) is 2.75. The van der Waals surface area contributed by atoms with Gasteiger partial charge in [-0.3, -0.25) is 4.79 Å².